The molecule has 27 heavy (non-hydrogen) atoms. The van der Waals surface area contributed by atoms with Crippen molar-refractivity contribution >= 4 is 10.8 Å². The van der Waals surface area contributed by atoms with Gasteiger partial charge in [-0.3, -0.25) is 0 Å². The summed E-state index contributed by atoms with van der Waals surface area (Å²) in [7, 11) is 2.12. The first-order valence-electron chi connectivity index (χ1n) is 10.1. The SMILES string of the molecule is Cc1cc2cc(CC(C)C)cc3c2c(c1C)-c1c(c(C(C)C)cc[n+]1C)O3. The van der Waals surface area contributed by atoms with Crippen molar-refractivity contribution in [2.45, 2.75) is 53.9 Å². The molecule has 0 atom stereocenters. The van der Waals surface area contributed by atoms with Crippen LogP contribution in [-0.4, -0.2) is 0 Å². The highest BCUT2D eigenvalue weighted by molar-refractivity contribution is 6.05. The largest absolute Gasteiger partial charge is 0.449 e. The molecule has 4 rings (SSSR count). The van der Waals surface area contributed by atoms with E-state index in [4.69, 9.17) is 4.74 Å². The van der Waals surface area contributed by atoms with Crippen LogP contribution in [0.1, 0.15) is 55.9 Å². The third-order valence-electron chi connectivity index (χ3n) is 5.80. The van der Waals surface area contributed by atoms with Crippen LogP contribution in [0.25, 0.3) is 22.0 Å². The van der Waals surface area contributed by atoms with Crippen molar-refractivity contribution in [2.24, 2.45) is 13.0 Å². The Morgan fingerprint density at radius 2 is 1.78 bits per heavy atom. The van der Waals surface area contributed by atoms with E-state index in [1.807, 2.05) is 0 Å². The molecule has 0 bridgehead atoms. The summed E-state index contributed by atoms with van der Waals surface area (Å²) in [6.07, 6.45) is 3.24. The number of pyridine rings is 1. The van der Waals surface area contributed by atoms with Gasteiger partial charge in [0.15, 0.2) is 6.20 Å². The zero-order valence-electron chi connectivity index (χ0n) is 17.6. The number of aromatic nitrogens is 1. The Morgan fingerprint density at radius 3 is 2.44 bits per heavy atom. The second-order valence-electron chi connectivity index (χ2n) is 8.80. The summed E-state index contributed by atoms with van der Waals surface area (Å²) in [5.41, 5.74) is 7.86. The van der Waals surface area contributed by atoms with E-state index in [9.17, 15) is 0 Å². The third kappa shape index (κ3) is 2.82. The van der Waals surface area contributed by atoms with Crippen molar-refractivity contribution in [1.82, 2.24) is 0 Å². The van der Waals surface area contributed by atoms with Crippen molar-refractivity contribution in [3.63, 3.8) is 0 Å². The fourth-order valence-corrected chi connectivity index (χ4v) is 4.37. The molecule has 0 spiro atoms. The van der Waals surface area contributed by atoms with Crippen molar-refractivity contribution < 1.29 is 9.30 Å². The van der Waals surface area contributed by atoms with Gasteiger partial charge in [0.05, 0.1) is 5.56 Å². The van der Waals surface area contributed by atoms with Crippen LogP contribution in [0.15, 0.2) is 30.5 Å². The van der Waals surface area contributed by atoms with E-state index in [1.54, 1.807) is 0 Å². The lowest BCUT2D eigenvalue weighted by Crippen LogP contribution is -2.32. The Balaban J connectivity index is 2.12. The molecule has 0 N–H and O–H groups in total. The molecule has 0 radical (unpaired) electrons. The summed E-state index contributed by atoms with van der Waals surface area (Å²) in [6, 6.07) is 9.15. The Hall–Kier alpha value is -2.35. The van der Waals surface area contributed by atoms with Gasteiger partial charge >= 0.3 is 0 Å². The van der Waals surface area contributed by atoms with Gasteiger partial charge in [0, 0.05) is 17.0 Å². The van der Waals surface area contributed by atoms with Gasteiger partial charge in [0.1, 0.15) is 12.8 Å². The van der Waals surface area contributed by atoms with Crippen LogP contribution in [0.2, 0.25) is 0 Å². The van der Waals surface area contributed by atoms with E-state index in [1.165, 1.54) is 44.3 Å². The van der Waals surface area contributed by atoms with Crippen molar-refractivity contribution in [2.75, 3.05) is 0 Å². The molecule has 0 saturated carbocycles. The number of ether oxygens (including phenoxy) is 1. The number of hydrogen-bond acceptors (Lipinski definition) is 1. The van der Waals surface area contributed by atoms with Crippen molar-refractivity contribution in [1.29, 1.82) is 0 Å². The predicted octanol–water partition coefficient (Wildman–Crippen LogP) is 6.38. The monoisotopic (exact) mass is 360 g/mol. The molecule has 0 amide bonds. The van der Waals surface area contributed by atoms with Crippen LogP contribution in [0.4, 0.5) is 0 Å². The van der Waals surface area contributed by atoms with E-state index < -0.39 is 0 Å². The van der Waals surface area contributed by atoms with E-state index in [2.05, 4.69) is 83.6 Å². The molecule has 1 aromatic heterocycles. The van der Waals surface area contributed by atoms with Crippen molar-refractivity contribution in [3.8, 4) is 22.8 Å². The van der Waals surface area contributed by atoms with Gasteiger partial charge in [-0.15, -0.1) is 0 Å². The normalized spacial score (nSPS) is 12.6. The summed E-state index contributed by atoms with van der Waals surface area (Å²) >= 11 is 0. The smallest absolute Gasteiger partial charge is 0.256 e. The maximum absolute atomic E-state index is 6.62. The van der Waals surface area contributed by atoms with Gasteiger partial charge in [-0.25, -0.2) is 0 Å². The van der Waals surface area contributed by atoms with Crippen LogP contribution in [-0.2, 0) is 13.5 Å². The summed E-state index contributed by atoms with van der Waals surface area (Å²) in [5, 5.41) is 2.55. The van der Waals surface area contributed by atoms with Gasteiger partial charge in [0.25, 0.3) is 5.69 Å². The van der Waals surface area contributed by atoms with Crippen LogP contribution in [0.5, 0.6) is 11.5 Å². The quantitative estimate of drug-likeness (QED) is 0.387. The van der Waals surface area contributed by atoms with E-state index in [0.29, 0.717) is 11.8 Å². The molecule has 0 fully saturated rings. The number of rotatable bonds is 3. The summed E-state index contributed by atoms with van der Waals surface area (Å²) < 4.78 is 8.83. The topological polar surface area (TPSA) is 13.1 Å². The molecule has 1 aliphatic heterocycles. The molecular weight excluding hydrogens is 330 g/mol. The number of benzene rings is 2. The van der Waals surface area contributed by atoms with Crippen LogP contribution < -0.4 is 9.30 Å². The third-order valence-corrected chi connectivity index (χ3v) is 5.80. The number of nitrogens with zero attached hydrogens (tertiary/aromatic N) is 1. The first kappa shape index (κ1) is 18.0. The minimum absolute atomic E-state index is 0.418. The van der Waals surface area contributed by atoms with Crippen LogP contribution in [0, 0.1) is 19.8 Å². The van der Waals surface area contributed by atoms with Crippen LogP contribution >= 0.6 is 0 Å². The Bertz CT molecular complexity index is 1060. The second-order valence-corrected chi connectivity index (χ2v) is 8.80. The molecule has 2 heteroatoms. The van der Waals surface area contributed by atoms with Gasteiger partial charge in [-0.05, 0) is 60.2 Å². The Labute approximate surface area is 162 Å². The zero-order chi connectivity index (χ0) is 19.5. The summed E-state index contributed by atoms with van der Waals surface area (Å²) in [5.74, 6) is 3.09. The second kappa shape index (κ2) is 6.37. The lowest BCUT2D eigenvalue weighted by molar-refractivity contribution is -0.660. The standard InChI is InChI=1S/C25H30NO/c1-14(2)10-18-12-19-11-16(5)17(6)22-23(19)21(13-18)27-25-20(15(3)4)8-9-26(7)24(22)25/h8-9,11-15H,10H2,1-7H3/q+1. The minimum atomic E-state index is 0.418. The Kier molecular flexibility index (Phi) is 4.25. The van der Waals surface area contributed by atoms with E-state index in [0.717, 1.165) is 17.9 Å². The maximum Gasteiger partial charge on any atom is 0.256 e. The first-order chi connectivity index (χ1) is 12.8. The number of hydrogen-bond donors (Lipinski definition) is 0. The number of aryl methyl sites for hydroxylation is 2. The molecule has 140 valence electrons. The highest BCUT2D eigenvalue weighted by Gasteiger charge is 2.32. The average Bonchev–Trinajstić information content (AvgIpc) is 2.57. The molecule has 2 heterocycles. The van der Waals surface area contributed by atoms with Crippen molar-refractivity contribution in [3.05, 3.63) is 52.7 Å². The fraction of sp³-hybridized carbons (Fsp3) is 0.400. The highest BCUT2D eigenvalue weighted by atomic mass is 16.5. The first-order valence-corrected chi connectivity index (χ1v) is 10.1. The predicted molar refractivity (Wildman–Crippen MR) is 113 cm³/mol. The van der Waals surface area contributed by atoms with Gasteiger partial charge in [0.2, 0.25) is 5.75 Å². The Morgan fingerprint density at radius 1 is 1.04 bits per heavy atom. The molecule has 3 aromatic rings. The van der Waals surface area contributed by atoms with Gasteiger partial charge in [-0.2, -0.15) is 4.57 Å². The highest BCUT2D eigenvalue weighted by Crippen LogP contribution is 2.49. The molecule has 2 nitrogen and oxygen atoms in total. The molecule has 0 unspecified atom stereocenters. The lowest BCUT2D eigenvalue weighted by atomic mass is 9.87. The maximum atomic E-state index is 6.62. The lowest BCUT2D eigenvalue weighted by Gasteiger charge is -2.25. The zero-order valence-corrected chi connectivity index (χ0v) is 17.6. The summed E-state index contributed by atoms with van der Waals surface area (Å²) in [6.45, 7) is 13.5. The average molecular weight is 361 g/mol. The summed E-state index contributed by atoms with van der Waals surface area (Å²) in [4.78, 5) is 0. The van der Waals surface area contributed by atoms with E-state index in [-0.39, 0.29) is 0 Å². The molecule has 0 saturated heterocycles. The van der Waals surface area contributed by atoms with Crippen LogP contribution in [0.3, 0.4) is 0 Å². The van der Waals surface area contributed by atoms with Gasteiger partial charge in [-0.1, -0.05) is 39.8 Å². The molecule has 1 aliphatic rings. The van der Waals surface area contributed by atoms with Gasteiger partial charge < -0.3 is 4.74 Å². The van der Waals surface area contributed by atoms with E-state index >= 15 is 0 Å². The molecule has 0 aliphatic carbocycles. The fourth-order valence-electron chi connectivity index (χ4n) is 4.37. The molecule has 2 aromatic carbocycles. The number of fused-ring (bicyclic) bond motifs is 2. The molecular formula is C25H30NO+. The minimum Gasteiger partial charge on any atom is -0.449 e.